The molecule has 1 aromatic carbocycles. The normalized spacial score (nSPS) is 25.3. The molecule has 1 aliphatic rings. The number of hydrogen-bond acceptors (Lipinski definition) is 1. The van der Waals surface area contributed by atoms with Crippen molar-refractivity contribution in [2.24, 2.45) is 11.8 Å². The molecule has 1 saturated carbocycles. The largest absolute Gasteiger partial charge is 0.310 e. The van der Waals surface area contributed by atoms with Gasteiger partial charge in [0.05, 0.1) is 0 Å². The van der Waals surface area contributed by atoms with E-state index in [0.29, 0.717) is 11.5 Å². The van der Waals surface area contributed by atoms with Crippen molar-refractivity contribution in [3.05, 3.63) is 35.4 Å². The molecule has 0 heterocycles. The molecule has 0 amide bonds. The van der Waals surface area contributed by atoms with Crippen LogP contribution in [0.5, 0.6) is 0 Å². The second kappa shape index (κ2) is 5.79. The monoisotopic (exact) mass is 253 g/mol. The van der Waals surface area contributed by atoms with Crippen LogP contribution in [0.3, 0.4) is 0 Å². The third-order valence-corrected chi connectivity index (χ3v) is 4.15. The first-order chi connectivity index (χ1) is 8.58. The first kappa shape index (κ1) is 13.5. The van der Waals surface area contributed by atoms with Gasteiger partial charge < -0.3 is 5.32 Å². The molecule has 1 fully saturated rings. The summed E-state index contributed by atoms with van der Waals surface area (Å²) in [5, 5.41) is 3.37. The quantitative estimate of drug-likeness (QED) is 0.853. The van der Waals surface area contributed by atoms with E-state index in [9.17, 15) is 8.78 Å². The zero-order valence-electron chi connectivity index (χ0n) is 11.0. The highest BCUT2D eigenvalue weighted by Crippen LogP contribution is 2.31. The summed E-state index contributed by atoms with van der Waals surface area (Å²) in [5.41, 5.74) is 0.544. The van der Waals surface area contributed by atoms with Gasteiger partial charge in [-0.2, -0.15) is 0 Å². The molecule has 0 saturated heterocycles. The standard InChI is InChI=1S/C15H21F2N/c1-10-4-3-5-12(10)9-18-11(2)14-7-6-13(16)8-15(14)17/h6-8,10-12,18H,3-5,9H2,1-2H3. The van der Waals surface area contributed by atoms with Crippen LogP contribution in [0.15, 0.2) is 18.2 Å². The fourth-order valence-corrected chi connectivity index (χ4v) is 2.82. The van der Waals surface area contributed by atoms with Gasteiger partial charge in [0.1, 0.15) is 11.6 Å². The van der Waals surface area contributed by atoms with Crippen LogP contribution in [-0.4, -0.2) is 6.54 Å². The maximum atomic E-state index is 13.6. The van der Waals surface area contributed by atoms with Crippen LogP contribution in [0, 0.1) is 23.5 Å². The van der Waals surface area contributed by atoms with Crippen LogP contribution in [0.1, 0.15) is 44.7 Å². The van der Waals surface area contributed by atoms with Gasteiger partial charge in [-0.15, -0.1) is 0 Å². The Morgan fingerprint density at radius 3 is 2.72 bits per heavy atom. The van der Waals surface area contributed by atoms with Crippen LogP contribution in [-0.2, 0) is 0 Å². The molecule has 0 aromatic heterocycles. The molecule has 0 spiro atoms. The molecule has 0 bridgehead atoms. The molecular weight excluding hydrogens is 232 g/mol. The Labute approximate surface area is 108 Å². The van der Waals surface area contributed by atoms with Gasteiger partial charge in [0.25, 0.3) is 0 Å². The van der Waals surface area contributed by atoms with E-state index in [1.807, 2.05) is 6.92 Å². The minimum atomic E-state index is -0.520. The van der Waals surface area contributed by atoms with Crippen LogP contribution >= 0.6 is 0 Å². The minimum absolute atomic E-state index is 0.0709. The highest BCUT2D eigenvalue weighted by atomic mass is 19.1. The Kier molecular flexibility index (Phi) is 4.33. The van der Waals surface area contributed by atoms with Crippen molar-refractivity contribution in [1.82, 2.24) is 5.32 Å². The summed E-state index contributed by atoms with van der Waals surface area (Å²) in [6, 6.07) is 3.72. The number of hydrogen-bond donors (Lipinski definition) is 1. The van der Waals surface area contributed by atoms with E-state index in [1.165, 1.54) is 31.4 Å². The molecule has 3 heteroatoms. The summed E-state index contributed by atoms with van der Waals surface area (Å²) in [5.74, 6) is 0.459. The van der Waals surface area contributed by atoms with Crippen LogP contribution in [0.4, 0.5) is 8.78 Å². The Morgan fingerprint density at radius 2 is 2.11 bits per heavy atom. The molecule has 3 unspecified atom stereocenters. The van der Waals surface area contributed by atoms with Gasteiger partial charge >= 0.3 is 0 Å². The lowest BCUT2D eigenvalue weighted by molar-refractivity contribution is 0.371. The number of benzene rings is 1. The zero-order chi connectivity index (χ0) is 13.1. The van der Waals surface area contributed by atoms with Crippen molar-refractivity contribution in [1.29, 1.82) is 0 Å². The molecule has 100 valence electrons. The summed E-state index contributed by atoms with van der Waals surface area (Å²) in [7, 11) is 0. The summed E-state index contributed by atoms with van der Waals surface area (Å²) < 4.78 is 26.4. The van der Waals surface area contributed by atoms with Crippen molar-refractivity contribution in [2.75, 3.05) is 6.54 Å². The van der Waals surface area contributed by atoms with Crippen molar-refractivity contribution in [2.45, 2.75) is 39.2 Å². The van der Waals surface area contributed by atoms with Gasteiger partial charge in [0, 0.05) is 17.7 Å². The summed E-state index contributed by atoms with van der Waals surface area (Å²) in [6.45, 7) is 5.12. The maximum Gasteiger partial charge on any atom is 0.130 e. The van der Waals surface area contributed by atoms with Crippen molar-refractivity contribution in [3.63, 3.8) is 0 Å². The van der Waals surface area contributed by atoms with Gasteiger partial charge in [-0.3, -0.25) is 0 Å². The average Bonchev–Trinajstić information content (AvgIpc) is 2.72. The van der Waals surface area contributed by atoms with E-state index in [4.69, 9.17) is 0 Å². The number of rotatable bonds is 4. The molecule has 0 aliphatic heterocycles. The van der Waals surface area contributed by atoms with Crippen LogP contribution in [0.2, 0.25) is 0 Å². The third kappa shape index (κ3) is 3.08. The average molecular weight is 253 g/mol. The van der Waals surface area contributed by atoms with Gasteiger partial charge in [-0.25, -0.2) is 8.78 Å². The van der Waals surface area contributed by atoms with E-state index < -0.39 is 11.6 Å². The number of halogens is 2. The Bertz CT molecular complexity index is 405. The zero-order valence-corrected chi connectivity index (χ0v) is 11.0. The topological polar surface area (TPSA) is 12.0 Å². The van der Waals surface area contributed by atoms with Crippen LogP contribution < -0.4 is 5.32 Å². The molecule has 1 aliphatic carbocycles. The molecule has 0 radical (unpaired) electrons. The lowest BCUT2D eigenvalue weighted by atomic mass is 9.97. The molecule has 1 aromatic rings. The SMILES string of the molecule is CC(NCC1CCCC1C)c1ccc(F)cc1F. The van der Waals surface area contributed by atoms with E-state index >= 15 is 0 Å². The summed E-state index contributed by atoms with van der Waals surface area (Å²) >= 11 is 0. The molecule has 1 N–H and O–H groups in total. The van der Waals surface area contributed by atoms with E-state index in [0.717, 1.165) is 18.5 Å². The smallest absolute Gasteiger partial charge is 0.130 e. The first-order valence-corrected chi connectivity index (χ1v) is 6.76. The predicted molar refractivity (Wildman–Crippen MR) is 69.3 cm³/mol. The second-order valence-electron chi connectivity index (χ2n) is 5.46. The highest BCUT2D eigenvalue weighted by Gasteiger charge is 2.23. The molecule has 2 rings (SSSR count). The minimum Gasteiger partial charge on any atom is -0.310 e. The molecule has 1 nitrogen and oxygen atoms in total. The van der Waals surface area contributed by atoms with E-state index in [2.05, 4.69) is 12.2 Å². The van der Waals surface area contributed by atoms with Crippen LogP contribution in [0.25, 0.3) is 0 Å². The van der Waals surface area contributed by atoms with Crippen molar-refractivity contribution >= 4 is 0 Å². The van der Waals surface area contributed by atoms with Gasteiger partial charge in [-0.1, -0.05) is 25.8 Å². The van der Waals surface area contributed by atoms with Crippen molar-refractivity contribution in [3.8, 4) is 0 Å². The molecule has 18 heavy (non-hydrogen) atoms. The summed E-state index contributed by atoms with van der Waals surface area (Å²) in [6.07, 6.45) is 3.85. The second-order valence-corrected chi connectivity index (χ2v) is 5.46. The fourth-order valence-electron chi connectivity index (χ4n) is 2.82. The van der Waals surface area contributed by atoms with Gasteiger partial charge in [0.2, 0.25) is 0 Å². The molecule has 3 atom stereocenters. The van der Waals surface area contributed by atoms with E-state index in [-0.39, 0.29) is 6.04 Å². The Morgan fingerprint density at radius 1 is 1.33 bits per heavy atom. The van der Waals surface area contributed by atoms with Crippen molar-refractivity contribution < 1.29 is 8.78 Å². The van der Waals surface area contributed by atoms with Gasteiger partial charge in [0.15, 0.2) is 0 Å². The molecular formula is C15H21F2N. The maximum absolute atomic E-state index is 13.6. The third-order valence-electron chi connectivity index (χ3n) is 4.15. The number of nitrogens with one attached hydrogen (secondary N) is 1. The van der Waals surface area contributed by atoms with Gasteiger partial charge in [-0.05, 0) is 37.8 Å². The predicted octanol–water partition coefficient (Wildman–Crippen LogP) is 4.05. The summed E-state index contributed by atoms with van der Waals surface area (Å²) in [4.78, 5) is 0. The first-order valence-electron chi connectivity index (χ1n) is 6.76. The van der Waals surface area contributed by atoms with E-state index in [1.54, 1.807) is 0 Å². The Balaban J connectivity index is 1.93. The lowest BCUT2D eigenvalue weighted by Gasteiger charge is -2.20. The lowest BCUT2D eigenvalue weighted by Crippen LogP contribution is -2.27. The Hall–Kier alpha value is -0.960. The fraction of sp³-hybridized carbons (Fsp3) is 0.600. The highest BCUT2D eigenvalue weighted by molar-refractivity contribution is 5.21.